The van der Waals surface area contributed by atoms with Crippen molar-refractivity contribution in [3.8, 4) is 0 Å². The zero-order valence-corrected chi connectivity index (χ0v) is 14.7. The van der Waals surface area contributed by atoms with E-state index in [4.69, 9.17) is 12.2 Å². The molecule has 0 fully saturated rings. The third-order valence-electron chi connectivity index (χ3n) is 4.30. The Balaban J connectivity index is 2.68. The Morgan fingerprint density at radius 2 is 1.95 bits per heavy atom. The molecule has 0 aliphatic heterocycles. The molecule has 0 saturated carbocycles. The average molecular weight is 326 g/mol. The minimum Gasteiger partial charge on any atom is -0.329 e. The van der Waals surface area contributed by atoms with Crippen LogP contribution in [0.3, 0.4) is 0 Å². The van der Waals surface area contributed by atoms with E-state index in [-0.39, 0.29) is 5.41 Å². The summed E-state index contributed by atoms with van der Waals surface area (Å²) < 4.78 is 26.4. The van der Waals surface area contributed by atoms with Crippen molar-refractivity contribution in [3.05, 3.63) is 23.0 Å². The van der Waals surface area contributed by atoms with Crippen molar-refractivity contribution in [3.63, 3.8) is 0 Å². The van der Waals surface area contributed by atoms with Crippen molar-refractivity contribution in [1.82, 2.24) is 9.55 Å². The van der Waals surface area contributed by atoms with Gasteiger partial charge >= 0.3 is 0 Å². The molecule has 0 unspecified atom stereocenters. The molecule has 0 atom stereocenters. The molecule has 116 valence electrons. The molecule has 6 heteroatoms. The lowest BCUT2D eigenvalue weighted by Crippen LogP contribution is -2.25. The number of hydrogen-bond donors (Lipinski definition) is 1. The Labute approximate surface area is 131 Å². The van der Waals surface area contributed by atoms with Crippen molar-refractivity contribution in [2.75, 3.05) is 6.26 Å². The predicted octanol–water partition coefficient (Wildman–Crippen LogP) is 3.78. The van der Waals surface area contributed by atoms with Gasteiger partial charge in [-0.15, -0.1) is 0 Å². The molecule has 1 aromatic carbocycles. The number of nitrogens with one attached hydrogen (secondary N) is 1. The first kappa shape index (κ1) is 16.2. The fourth-order valence-electron chi connectivity index (χ4n) is 2.21. The van der Waals surface area contributed by atoms with Gasteiger partial charge in [0, 0.05) is 12.8 Å². The van der Waals surface area contributed by atoms with Crippen molar-refractivity contribution in [2.24, 2.45) is 11.3 Å². The van der Waals surface area contributed by atoms with Crippen molar-refractivity contribution < 1.29 is 8.42 Å². The second-order valence-corrected chi connectivity index (χ2v) is 8.95. The molecule has 1 N–H and O–H groups in total. The number of para-hydroxylation sites is 1. The Morgan fingerprint density at radius 1 is 1.33 bits per heavy atom. The molecule has 1 heterocycles. The number of nitrogens with zero attached hydrogens (tertiary/aromatic N) is 1. The molecule has 0 amide bonds. The standard InChI is InChI=1S/C15H22N2O2S2/c1-10(2)15(3,4)9-17-11-7-6-8-12(21(5,18)19)13(11)16-14(17)20/h6-8,10H,9H2,1-5H3,(H,16,20). The Kier molecular flexibility index (Phi) is 4.06. The molecule has 2 rings (SSSR count). The molecule has 2 aromatic rings. The van der Waals surface area contributed by atoms with Crippen LogP contribution in [0.5, 0.6) is 0 Å². The maximum absolute atomic E-state index is 11.9. The van der Waals surface area contributed by atoms with E-state index < -0.39 is 9.84 Å². The number of rotatable bonds is 4. The number of benzene rings is 1. The second-order valence-electron chi connectivity index (χ2n) is 6.58. The fourth-order valence-corrected chi connectivity index (χ4v) is 3.33. The van der Waals surface area contributed by atoms with Crippen molar-refractivity contribution >= 4 is 33.1 Å². The van der Waals surface area contributed by atoms with Crippen LogP contribution in [0.1, 0.15) is 27.7 Å². The minimum absolute atomic E-state index is 0.0639. The molecule has 1 aromatic heterocycles. The number of H-pyrrole nitrogens is 1. The zero-order chi connectivity index (χ0) is 16.0. The van der Waals surface area contributed by atoms with Gasteiger partial charge in [0.1, 0.15) is 0 Å². The van der Waals surface area contributed by atoms with Gasteiger partial charge in [-0.25, -0.2) is 8.42 Å². The van der Waals surface area contributed by atoms with Crippen LogP contribution in [0.4, 0.5) is 0 Å². The molecular weight excluding hydrogens is 304 g/mol. The highest BCUT2D eigenvalue weighted by molar-refractivity contribution is 7.91. The topological polar surface area (TPSA) is 54.9 Å². The van der Waals surface area contributed by atoms with Crippen LogP contribution in [-0.2, 0) is 16.4 Å². The van der Waals surface area contributed by atoms with Gasteiger partial charge in [0.2, 0.25) is 0 Å². The largest absolute Gasteiger partial charge is 0.329 e. The summed E-state index contributed by atoms with van der Waals surface area (Å²) in [6.07, 6.45) is 1.22. The van der Waals surface area contributed by atoms with Crippen molar-refractivity contribution in [1.29, 1.82) is 0 Å². The lowest BCUT2D eigenvalue weighted by Gasteiger charge is -2.29. The summed E-state index contributed by atoms with van der Waals surface area (Å²) in [5, 5.41) is 0. The van der Waals surface area contributed by atoms with E-state index >= 15 is 0 Å². The first-order valence-electron chi connectivity index (χ1n) is 6.95. The maximum Gasteiger partial charge on any atom is 0.178 e. The van der Waals surface area contributed by atoms with Crippen molar-refractivity contribution in [2.45, 2.75) is 39.1 Å². The van der Waals surface area contributed by atoms with Gasteiger partial charge in [-0.05, 0) is 35.7 Å². The quantitative estimate of drug-likeness (QED) is 0.870. The van der Waals surface area contributed by atoms with E-state index in [9.17, 15) is 8.42 Å². The lowest BCUT2D eigenvalue weighted by molar-refractivity contribution is 0.212. The van der Waals surface area contributed by atoms with Gasteiger partial charge in [-0.3, -0.25) is 0 Å². The SMILES string of the molecule is CC(C)C(C)(C)Cn1c(=S)[nH]c2c(S(C)(=O)=O)cccc21. The number of fused-ring (bicyclic) bond motifs is 1. The van der Waals surface area contributed by atoms with Crippen LogP contribution in [0.25, 0.3) is 11.0 Å². The number of aromatic amines is 1. The summed E-state index contributed by atoms with van der Waals surface area (Å²) in [6, 6.07) is 5.29. The zero-order valence-electron chi connectivity index (χ0n) is 13.1. The van der Waals surface area contributed by atoms with E-state index in [0.29, 0.717) is 21.1 Å². The van der Waals surface area contributed by atoms with Gasteiger partial charge in [-0.1, -0.05) is 33.8 Å². The molecule has 0 aliphatic carbocycles. The van der Waals surface area contributed by atoms with Crippen LogP contribution in [-0.4, -0.2) is 24.2 Å². The average Bonchev–Trinajstić information content (AvgIpc) is 2.64. The summed E-state index contributed by atoms with van der Waals surface area (Å²) in [6.45, 7) is 9.49. The first-order chi connectivity index (χ1) is 9.54. The number of aromatic nitrogens is 2. The molecule has 21 heavy (non-hydrogen) atoms. The predicted molar refractivity (Wildman–Crippen MR) is 88.9 cm³/mol. The van der Waals surface area contributed by atoms with Gasteiger partial charge in [0.25, 0.3) is 0 Å². The maximum atomic E-state index is 11.9. The Hall–Kier alpha value is -1.14. The van der Waals surface area contributed by atoms with Gasteiger partial charge < -0.3 is 9.55 Å². The number of hydrogen-bond acceptors (Lipinski definition) is 3. The lowest BCUT2D eigenvalue weighted by atomic mass is 9.81. The smallest absolute Gasteiger partial charge is 0.178 e. The monoisotopic (exact) mass is 326 g/mol. The summed E-state index contributed by atoms with van der Waals surface area (Å²) in [5.41, 5.74) is 1.51. The van der Waals surface area contributed by atoms with Crippen LogP contribution < -0.4 is 0 Å². The molecular formula is C15H22N2O2S2. The molecule has 0 saturated heterocycles. The highest BCUT2D eigenvalue weighted by Gasteiger charge is 2.25. The summed E-state index contributed by atoms with van der Waals surface area (Å²) >= 11 is 5.40. The van der Waals surface area contributed by atoms with E-state index in [1.807, 2.05) is 10.6 Å². The van der Waals surface area contributed by atoms with Crippen LogP contribution in [0, 0.1) is 16.1 Å². The molecule has 0 bridgehead atoms. The first-order valence-corrected chi connectivity index (χ1v) is 9.25. The Morgan fingerprint density at radius 3 is 2.48 bits per heavy atom. The minimum atomic E-state index is -3.28. The fraction of sp³-hybridized carbons (Fsp3) is 0.533. The number of sulfone groups is 1. The van der Waals surface area contributed by atoms with E-state index in [1.54, 1.807) is 12.1 Å². The molecule has 0 aliphatic rings. The molecule has 4 nitrogen and oxygen atoms in total. The summed E-state index contributed by atoms with van der Waals surface area (Å²) in [4.78, 5) is 3.36. The van der Waals surface area contributed by atoms with E-state index in [0.717, 1.165) is 12.1 Å². The van der Waals surface area contributed by atoms with E-state index in [1.165, 1.54) is 6.26 Å². The second kappa shape index (κ2) is 5.25. The third-order valence-corrected chi connectivity index (χ3v) is 5.76. The normalized spacial score (nSPS) is 13.2. The van der Waals surface area contributed by atoms with Crippen LogP contribution >= 0.6 is 12.2 Å². The third kappa shape index (κ3) is 3.06. The number of imidazole rings is 1. The summed E-state index contributed by atoms with van der Waals surface area (Å²) in [5.74, 6) is 0.488. The van der Waals surface area contributed by atoms with Gasteiger partial charge in [0.05, 0.1) is 15.9 Å². The van der Waals surface area contributed by atoms with Gasteiger partial charge in [-0.2, -0.15) is 0 Å². The Bertz CT molecular complexity index is 827. The van der Waals surface area contributed by atoms with Gasteiger partial charge in [0.15, 0.2) is 14.6 Å². The van der Waals surface area contributed by atoms with Crippen LogP contribution in [0.15, 0.2) is 23.1 Å². The molecule has 0 radical (unpaired) electrons. The van der Waals surface area contributed by atoms with E-state index in [2.05, 4.69) is 32.7 Å². The van der Waals surface area contributed by atoms with Crippen LogP contribution in [0.2, 0.25) is 0 Å². The molecule has 0 spiro atoms. The highest BCUT2D eigenvalue weighted by atomic mass is 32.2. The highest BCUT2D eigenvalue weighted by Crippen LogP contribution is 2.31. The summed E-state index contributed by atoms with van der Waals surface area (Å²) in [7, 11) is -3.28.